The summed E-state index contributed by atoms with van der Waals surface area (Å²) in [5.74, 6) is 0. The van der Waals surface area contributed by atoms with Crippen LogP contribution in [0.2, 0.25) is 5.02 Å². The minimum absolute atomic E-state index is 0.169. The smallest absolute Gasteiger partial charge is 0.125 e. The lowest BCUT2D eigenvalue weighted by molar-refractivity contribution is 0.292. The molecule has 18 heavy (non-hydrogen) atoms. The normalized spacial score (nSPS) is 10.8. The van der Waals surface area contributed by atoms with E-state index in [4.69, 9.17) is 16.7 Å². The number of nitrogens with one attached hydrogen (secondary N) is 1. The van der Waals surface area contributed by atoms with Gasteiger partial charge in [0.05, 0.1) is 17.3 Å². The van der Waals surface area contributed by atoms with Crippen molar-refractivity contribution in [2.45, 2.75) is 6.42 Å². The van der Waals surface area contributed by atoms with E-state index in [2.05, 4.69) is 15.7 Å². The van der Waals surface area contributed by atoms with E-state index >= 15 is 0 Å². The summed E-state index contributed by atoms with van der Waals surface area (Å²) in [6, 6.07) is 7.74. The number of thiazole rings is 1. The lowest BCUT2D eigenvalue weighted by Crippen LogP contribution is -2.20. The van der Waals surface area contributed by atoms with Crippen molar-refractivity contribution in [3.05, 3.63) is 40.4 Å². The van der Waals surface area contributed by atoms with Gasteiger partial charge < -0.3 is 10.4 Å². The van der Waals surface area contributed by atoms with E-state index in [9.17, 15) is 0 Å². The Bertz CT molecular complexity index is 501. The Hall–Kier alpha value is -0.940. The minimum Gasteiger partial charge on any atom is -0.395 e. The number of halogens is 1. The van der Waals surface area contributed by atoms with Crippen molar-refractivity contribution in [2.24, 2.45) is 0 Å². The average molecular weight is 283 g/mol. The zero-order valence-electron chi connectivity index (χ0n) is 9.90. The number of aliphatic hydroxyl groups excluding tert-OH is 1. The first kappa shape index (κ1) is 13.5. The summed E-state index contributed by atoms with van der Waals surface area (Å²) in [7, 11) is 0. The molecule has 0 unspecified atom stereocenters. The number of benzene rings is 1. The third-order valence-electron chi connectivity index (χ3n) is 2.50. The van der Waals surface area contributed by atoms with E-state index in [0.717, 1.165) is 34.3 Å². The van der Waals surface area contributed by atoms with Gasteiger partial charge in [-0.2, -0.15) is 0 Å². The molecule has 0 bridgehead atoms. The molecule has 0 atom stereocenters. The van der Waals surface area contributed by atoms with Gasteiger partial charge in [-0.3, -0.25) is 0 Å². The van der Waals surface area contributed by atoms with E-state index in [-0.39, 0.29) is 6.61 Å². The molecule has 2 N–H and O–H groups in total. The van der Waals surface area contributed by atoms with E-state index in [1.165, 1.54) is 0 Å². The zero-order valence-corrected chi connectivity index (χ0v) is 11.5. The second kappa shape index (κ2) is 6.85. The van der Waals surface area contributed by atoms with Gasteiger partial charge >= 0.3 is 0 Å². The number of aliphatic hydroxyl groups is 1. The fourth-order valence-corrected chi connectivity index (χ4v) is 2.78. The highest BCUT2D eigenvalue weighted by atomic mass is 35.5. The van der Waals surface area contributed by atoms with Crippen LogP contribution in [-0.4, -0.2) is 29.8 Å². The van der Waals surface area contributed by atoms with Gasteiger partial charge in [0, 0.05) is 30.5 Å². The number of nitrogens with zero attached hydrogens (tertiary/aromatic N) is 1. The standard InChI is InChI=1S/C13H15ClN2OS/c14-12-4-2-1-3-11(12)13-16-10(9-18-13)5-6-15-7-8-17/h1-4,9,15,17H,5-8H2. The van der Waals surface area contributed by atoms with Crippen molar-refractivity contribution in [1.82, 2.24) is 10.3 Å². The molecular weight excluding hydrogens is 268 g/mol. The highest BCUT2D eigenvalue weighted by molar-refractivity contribution is 7.13. The maximum absolute atomic E-state index is 8.66. The molecule has 0 aliphatic carbocycles. The van der Waals surface area contributed by atoms with Gasteiger partial charge in [-0.05, 0) is 6.07 Å². The molecule has 1 heterocycles. The molecule has 1 aromatic heterocycles. The lowest BCUT2D eigenvalue weighted by atomic mass is 10.2. The second-order valence-corrected chi connectivity index (χ2v) is 5.11. The molecule has 96 valence electrons. The SMILES string of the molecule is OCCNCCc1csc(-c2ccccc2Cl)n1. The summed E-state index contributed by atoms with van der Waals surface area (Å²) in [5, 5.41) is 15.5. The van der Waals surface area contributed by atoms with Gasteiger partial charge in [0.2, 0.25) is 0 Å². The van der Waals surface area contributed by atoms with Crippen LogP contribution < -0.4 is 5.32 Å². The molecule has 1 aromatic carbocycles. The van der Waals surface area contributed by atoms with Crippen molar-refractivity contribution in [3.63, 3.8) is 0 Å². The van der Waals surface area contributed by atoms with Crippen LogP contribution in [-0.2, 0) is 6.42 Å². The van der Waals surface area contributed by atoms with Crippen LogP contribution in [0.5, 0.6) is 0 Å². The largest absolute Gasteiger partial charge is 0.395 e. The quantitative estimate of drug-likeness (QED) is 0.801. The van der Waals surface area contributed by atoms with Crippen LogP contribution >= 0.6 is 22.9 Å². The third-order valence-corrected chi connectivity index (χ3v) is 3.76. The molecule has 0 aliphatic heterocycles. The highest BCUT2D eigenvalue weighted by Crippen LogP contribution is 2.29. The molecule has 0 saturated carbocycles. The first-order chi connectivity index (χ1) is 8.81. The van der Waals surface area contributed by atoms with Crippen LogP contribution in [0.25, 0.3) is 10.6 Å². The van der Waals surface area contributed by atoms with Crippen molar-refractivity contribution in [1.29, 1.82) is 0 Å². The van der Waals surface area contributed by atoms with Crippen molar-refractivity contribution in [3.8, 4) is 10.6 Å². The Morgan fingerprint density at radius 1 is 1.28 bits per heavy atom. The van der Waals surface area contributed by atoms with Gasteiger partial charge in [-0.1, -0.05) is 29.8 Å². The van der Waals surface area contributed by atoms with Gasteiger partial charge in [0.1, 0.15) is 5.01 Å². The summed E-state index contributed by atoms with van der Waals surface area (Å²) in [4.78, 5) is 4.57. The number of hydrogen-bond acceptors (Lipinski definition) is 4. The molecule has 0 amide bonds. The van der Waals surface area contributed by atoms with Crippen molar-refractivity contribution in [2.75, 3.05) is 19.7 Å². The highest BCUT2D eigenvalue weighted by Gasteiger charge is 2.07. The third kappa shape index (κ3) is 3.53. The van der Waals surface area contributed by atoms with Gasteiger partial charge in [0.25, 0.3) is 0 Å². The first-order valence-corrected chi connectivity index (χ1v) is 7.08. The topological polar surface area (TPSA) is 45.1 Å². The van der Waals surface area contributed by atoms with Gasteiger partial charge in [-0.15, -0.1) is 11.3 Å². The molecule has 3 nitrogen and oxygen atoms in total. The fourth-order valence-electron chi connectivity index (χ4n) is 1.60. The molecule has 5 heteroatoms. The molecule has 2 rings (SSSR count). The van der Waals surface area contributed by atoms with Crippen molar-refractivity contribution >= 4 is 22.9 Å². The molecule has 0 aliphatic rings. The van der Waals surface area contributed by atoms with Crippen LogP contribution in [0.3, 0.4) is 0 Å². The Balaban J connectivity index is 2.00. The summed E-state index contributed by atoms with van der Waals surface area (Å²) in [5.41, 5.74) is 2.04. The maximum Gasteiger partial charge on any atom is 0.125 e. The van der Waals surface area contributed by atoms with Crippen molar-refractivity contribution < 1.29 is 5.11 Å². The van der Waals surface area contributed by atoms with Crippen LogP contribution in [0.1, 0.15) is 5.69 Å². The molecule has 0 saturated heterocycles. The second-order valence-electron chi connectivity index (χ2n) is 3.85. The number of hydrogen-bond donors (Lipinski definition) is 2. The van der Waals surface area contributed by atoms with Crippen LogP contribution in [0.4, 0.5) is 0 Å². The van der Waals surface area contributed by atoms with E-state index < -0.39 is 0 Å². The monoisotopic (exact) mass is 282 g/mol. The molecular formula is C13H15ClN2OS. The fraction of sp³-hybridized carbons (Fsp3) is 0.308. The molecule has 0 fully saturated rings. The minimum atomic E-state index is 0.169. The Morgan fingerprint density at radius 2 is 2.11 bits per heavy atom. The Kier molecular flexibility index (Phi) is 5.13. The predicted octanol–water partition coefficient (Wildman–Crippen LogP) is 2.59. The Labute approximate surface area is 115 Å². The van der Waals surface area contributed by atoms with E-state index in [1.807, 2.05) is 24.3 Å². The number of rotatable bonds is 6. The van der Waals surface area contributed by atoms with E-state index in [1.54, 1.807) is 11.3 Å². The van der Waals surface area contributed by atoms with Gasteiger partial charge in [0.15, 0.2) is 0 Å². The summed E-state index contributed by atoms with van der Waals surface area (Å²) < 4.78 is 0. The Morgan fingerprint density at radius 3 is 2.89 bits per heavy atom. The molecule has 0 radical (unpaired) electrons. The predicted molar refractivity (Wildman–Crippen MR) is 76.2 cm³/mol. The summed E-state index contributed by atoms with van der Waals surface area (Å²) in [6.45, 7) is 1.62. The maximum atomic E-state index is 8.66. The summed E-state index contributed by atoms with van der Waals surface area (Å²) >= 11 is 7.75. The lowest BCUT2D eigenvalue weighted by Gasteiger charge is -2.00. The number of aromatic nitrogens is 1. The van der Waals surface area contributed by atoms with Crippen LogP contribution in [0.15, 0.2) is 29.6 Å². The zero-order chi connectivity index (χ0) is 12.8. The molecule has 2 aromatic rings. The van der Waals surface area contributed by atoms with E-state index in [0.29, 0.717) is 6.54 Å². The average Bonchev–Trinajstić information content (AvgIpc) is 2.84. The van der Waals surface area contributed by atoms with Gasteiger partial charge in [-0.25, -0.2) is 4.98 Å². The summed E-state index contributed by atoms with van der Waals surface area (Å²) in [6.07, 6.45) is 0.862. The molecule has 0 spiro atoms. The van der Waals surface area contributed by atoms with Crippen LogP contribution in [0, 0.1) is 0 Å². The first-order valence-electron chi connectivity index (χ1n) is 5.82.